The number of hydrogen-bond acceptors (Lipinski definition) is 4. The van der Waals surface area contributed by atoms with Crippen molar-refractivity contribution in [2.45, 2.75) is 10.4 Å². The zero-order valence-electron chi connectivity index (χ0n) is 8.86. The van der Waals surface area contributed by atoms with E-state index in [9.17, 15) is 22.8 Å². The molecule has 1 aromatic rings. The number of hydrogen-bond donors (Lipinski definition) is 1. The number of rotatable bonds is 4. The molecule has 0 aromatic heterocycles. The molecule has 1 aromatic carbocycles. The van der Waals surface area contributed by atoms with Gasteiger partial charge in [-0.25, -0.2) is 4.79 Å². The van der Waals surface area contributed by atoms with Crippen molar-refractivity contribution in [3.8, 4) is 0 Å². The number of ether oxygens (including phenoxy) is 1. The van der Waals surface area contributed by atoms with Gasteiger partial charge >= 0.3 is 11.5 Å². The van der Waals surface area contributed by atoms with E-state index >= 15 is 0 Å². The van der Waals surface area contributed by atoms with Crippen LogP contribution in [0.2, 0.25) is 0 Å². The summed E-state index contributed by atoms with van der Waals surface area (Å²) in [5.41, 5.74) is 0.431. The van der Waals surface area contributed by atoms with E-state index in [0.29, 0.717) is 0 Å². The van der Waals surface area contributed by atoms with Gasteiger partial charge in [-0.15, -0.1) is 0 Å². The zero-order chi connectivity index (χ0) is 13.8. The van der Waals surface area contributed by atoms with Crippen molar-refractivity contribution in [2.24, 2.45) is 5.73 Å². The Labute approximate surface area is 104 Å². The van der Waals surface area contributed by atoms with Crippen LogP contribution < -0.4 is 5.73 Å². The van der Waals surface area contributed by atoms with Gasteiger partial charge in [0.05, 0.1) is 5.56 Å². The van der Waals surface area contributed by atoms with Crippen molar-refractivity contribution in [3.63, 3.8) is 0 Å². The maximum atomic E-state index is 12.0. The summed E-state index contributed by atoms with van der Waals surface area (Å²) in [7, 11) is 0. The Morgan fingerprint density at radius 2 is 1.78 bits per heavy atom. The lowest BCUT2D eigenvalue weighted by Crippen LogP contribution is -2.20. The summed E-state index contributed by atoms with van der Waals surface area (Å²) in [6.45, 7) is -0.572. The van der Waals surface area contributed by atoms with Crippen LogP contribution >= 0.6 is 11.8 Å². The minimum Gasteiger partial charge on any atom is -0.452 e. The van der Waals surface area contributed by atoms with E-state index in [1.165, 1.54) is 12.1 Å². The van der Waals surface area contributed by atoms with Crippen LogP contribution in [0.4, 0.5) is 13.2 Å². The highest BCUT2D eigenvalue weighted by Gasteiger charge is 2.29. The smallest absolute Gasteiger partial charge is 0.446 e. The Morgan fingerprint density at radius 1 is 1.22 bits per heavy atom. The topological polar surface area (TPSA) is 69.4 Å². The first-order valence-electron chi connectivity index (χ1n) is 4.59. The number of halogens is 3. The van der Waals surface area contributed by atoms with Crippen LogP contribution in [0.3, 0.4) is 0 Å². The molecular formula is C10H8F3NO3S. The van der Waals surface area contributed by atoms with E-state index in [4.69, 9.17) is 5.73 Å². The third kappa shape index (κ3) is 5.09. The number of alkyl halides is 3. The summed E-state index contributed by atoms with van der Waals surface area (Å²) in [5, 5.41) is 0. The summed E-state index contributed by atoms with van der Waals surface area (Å²) in [6.07, 6.45) is 0. The maximum absolute atomic E-state index is 12.0. The molecule has 0 spiro atoms. The summed E-state index contributed by atoms with van der Waals surface area (Å²) >= 11 is -0.287. The molecule has 98 valence electrons. The SMILES string of the molecule is NC(=O)COC(=O)c1ccc(SC(F)(F)F)cc1. The molecule has 0 atom stereocenters. The minimum atomic E-state index is -4.38. The second-order valence-corrected chi connectivity index (χ2v) is 4.25. The van der Waals surface area contributed by atoms with Gasteiger partial charge in [0.25, 0.3) is 5.91 Å². The summed E-state index contributed by atoms with van der Waals surface area (Å²) in [5.74, 6) is -1.63. The predicted octanol–water partition coefficient (Wildman–Crippen LogP) is 1.94. The second kappa shape index (κ2) is 5.76. The van der Waals surface area contributed by atoms with Crippen LogP contribution in [-0.4, -0.2) is 24.0 Å². The van der Waals surface area contributed by atoms with E-state index in [2.05, 4.69) is 4.74 Å². The number of nitrogens with two attached hydrogens (primary N) is 1. The van der Waals surface area contributed by atoms with Gasteiger partial charge in [0.2, 0.25) is 0 Å². The first kappa shape index (κ1) is 14.4. The summed E-state index contributed by atoms with van der Waals surface area (Å²) in [6, 6.07) is 4.63. The molecule has 0 radical (unpaired) electrons. The quantitative estimate of drug-likeness (QED) is 0.675. The highest BCUT2D eigenvalue weighted by molar-refractivity contribution is 8.00. The molecule has 0 aliphatic heterocycles. The van der Waals surface area contributed by atoms with Crippen molar-refractivity contribution in [1.82, 2.24) is 0 Å². The third-order valence-corrected chi connectivity index (χ3v) is 2.41. The average molecular weight is 279 g/mol. The number of benzene rings is 1. The van der Waals surface area contributed by atoms with Gasteiger partial charge in [-0.1, -0.05) is 0 Å². The molecule has 18 heavy (non-hydrogen) atoms. The van der Waals surface area contributed by atoms with Gasteiger partial charge in [-0.3, -0.25) is 4.79 Å². The highest BCUT2D eigenvalue weighted by atomic mass is 32.2. The van der Waals surface area contributed by atoms with Crippen molar-refractivity contribution in [3.05, 3.63) is 29.8 Å². The Kier molecular flexibility index (Phi) is 4.60. The van der Waals surface area contributed by atoms with Crippen LogP contribution in [0.15, 0.2) is 29.2 Å². The Hall–Kier alpha value is -1.70. The fraction of sp³-hybridized carbons (Fsp3) is 0.200. The van der Waals surface area contributed by atoms with E-state index in [1.807, 2.05) is 0 Å². The average Bonchev–Trinajstić information content (AvgIpc) is 2.24. The first-order valence-corrected chi connectivity index (χ1v) is 5.41. The molecule has 0 aliphatic carbocycles. The molecule has 2 N–H and O–H groups in total. The number of carbonyl (C=O) groups excluding carboxylic acids is 2. The fourth-order valence-corrected chi connectivity index (χ4v) is 1.55. The summed E-state index contributed by atoms with van der Waals surface area (Å²) < 4.78 is 40.6. The fourth-order valence-electron chi connectivity index (χ4n) is 1.01. The maximum Gasteiger partial charge on any atom is 0.446 e. The molecule has 0 saturated heterocycles. The van der Waals surface area contributed by atoms with Gasteiger partial charge in [0.15, 0.2) is 6.61 Å². The Bertz CT molecular complexity index is 445. The van der Waals surface area contributed by atoms with Crippen LogP contribution in [0.1, 0.15) is 10.4 Å². The number of primary amides is 1. The molecule has 8 heteroatoms. The molecule has 0 heterocycles. The van der Waals surface area contributed by atoms with Crippen molar-refractivity contribution >= 4 is 23.6 Å². The minimum absolute atomic E-state index is 0.0442. The Morgan fingerprint density at radius 3 is 2.22 bits per heavy atom. The van der Waals surface area contributed by atoms with Crippen molar-refractivity contribution in [1.29, 1.82) is 0 Å². The molecule has 4 nitrogen and oxygen atoms in total. The lowest BCUT2D eigenvalue weighted by Gasteiger charge is -2.06. The normalized spacial score (nSPS) is 11.1. The third-order valence-electron chi connectivity index (χ3n) is 1.67. The number of carbonyl (C=O) groups is 2. The monoisotopic (exact) mass is 279 g/mol. The van der Waals surface area contributed by atoms with Gasteiger partial charge in [0.1, 0.15) is 0 Å². The van der Waals surface area contributed by atoms with Gasteiger partial charge in [-0.05, 0) is 36.0 Å². The zero-order valence-corrected chi connectivity index (χ0v) is 9.68. The van der Waals surface area contributed by atoms with Gasteiger partial charge in [-0.2, -0.15) is 13.2 Å². The lowest BCUT2D eigenvalue weighted by molar-refractivity contribution is -0.121. The summed E-state index contributed by atoms with van der Waals surface area (Å²) in [4.78, 5) is 21.6. The van der Waals surface area contributed by atoms with E-state index in [1.54, 1.807) is 0 Å². The van der Waals surface area contributed by atoms with Crippen molar-refractivity contribution in [2.75, 3.05) is 6.61 Å². The van der Waals surface area contributed by atoms with Gasteiger partial charge < -0.3 is 10.5 Å². The molecule has 0 aliphatic rings. The van der Waals surface area contributed by atoms with Crippen molar-refractivity contribution < 1.29 is 27.5 Å². The van der Waals surface area contributed by atoms with E-state index in [0.717, 1.165) is 12.1 Å². The first-order chi connectivity index (χ1) is 8.28. The van der Waals surface area contributed by atoms with E-state index < -0.39 is 24.0 Å². The molecule has 0 unspecified atom stereocenters. The molecule has 0 bridgehead atoms. The second-order valence-electron chi connectivity index (χ2n) is 3.11. The number of amides is 1. The lowest BCUT2D eigenvalue weighted by atomic mass is 10.2. The predicted molar refractivity (Wildman–Crippen MR) is 57.8 cm³/mol. The van der Waals surface area contributed by atoms with Crippen LogP contribution in [0.25, 0.3) is 0 Å². The molecule has 1 rings (SSSR count). The molecular weight excluding hydrogens is 271 g/mol. The standard InChI is InChI=1S/C10H8F3NO3S/c11-10(12,13)18-7-3-1-6(2-4-7)9(16)17-5-8(14)15/h1-4H,5H2,(H2,14,15). The number of esters is 1. The molecule has 0 fully saturated rings. The largest absolute Gasteiger partial charge is 0.452 e. The van der Waals surface area contributed by atoms with E-state index in [-0.39, 0.29) is 22.2 Å². The van der Waals surface area contributed by atoms with Crippen LogP contribution in [0, 0.1) is 0 Å². The molecule has 0 saturated carbocycles. The molecule has 1 amide bonds. The highest BCUT2D eigenvalue weighted by Crippen LogP contribution is 2.36. The van der Waals surface area contributed by atoms with Gasteiger partial charge in [0, 0.05) is 4.90 Å². The Balaban J connectivity index is 2.65. The van der Waals surface area contributed by atoms with Crippen LogP contribution in [0.5, 0.6) is 0 Å². The van der Waals surface area contributed by atoms with Crippen LogP contribution in [-0.2, 0) is 9.53 Å². The number of thioether (sulfide) groups is 1.